The number of nitrogens with one attached hydrogen (secondary N) is 2. The summed E-state index contributed by atoms with van der Waals surface area (Å²) in [6, 6.07) is 11.0. The number of carbonyl (C=O) groups is 1. The van der Waals surface area contributed by atoms with Gasteiger partial charge in [0.25, 0.3) is 5.91 Å². The van der Waals surface area contributed by atoms with Crippen molar-refractivity contribution < 1.29 is 22.7 Å². The molecule has 0 atom stereocenters. The van der Waals surface area contributed by atoms with E-state index in [2.05, 4.69) is 15.2 Å². The fraction of sp³-hybridized carbons (Fsp3) is 0.176. The summed E-state index contributed by atoms with van der Waals surface area (Å²) in [6.45, 7) is -0.483. The Morgan fingerprint density at radius 1 is 1.15 bits per heavy atom. The molecule has 0 aliphatic heterocycles. The molecule has 0 fully saturated rings. The second-order valence-electron chi connectivity index (χ2n) is 5.19. The van der Waals surface area contributed by atoms with Crippen molar-refractivity contribution in [1.82, 2.24) is 10.1 Å². The van der Waals surface area contributed by atoms with E-state index >= 15 is 0 Å². The molecule has 27 heavy (non-hydrogen) atoms. The van der Waals surface area contributed by atoms with Crippen LogP contribution >= 0.6 is 11.6 Å². The molecule has 0 heterocycles. The van der Waals surface area contributed by atoms with Crippen LogP contribution in [0.5, 0.6) is 11.5 Å². The number of carbonyl (C=O) groups excluding carboxylic acids is 1. The second-order valence-corrected chi connectivity index (χ2v) is 7.39. The third-order valence-electron chi connectivity index (χ3n) is 3.34. The molecule has 0 bridgehead atoms. The Kier molecular flexibility index (Phi) is 7.17. The molecule has 0 saturated carbocycles. The third-order valence-corrected chi connectivity index (χ3v) is 4.97. The standard InChI is InChI=1S/C17H18ClN3O5S/c1-25-15-7-6-14(9-16(15)26-2)27(23,24)20-11-17(22)21-19-10-12-4-3-5-13(18)8-12/h3-10,20H,11H2,1-2H3,(H,21,22)/b19-10-. The molecule has 144 valence electrons. The van der Waals surface area contributed by atoms with E-state index in [9.17, 15) is 13.2 Å². The molecule has 0 radical (unpaired) electrons. The molecule has 0 saturated heterocycles. The fourth-order valence-electron chi connectivity index (χ4n) is 2.03. The topological polar surface area (TPSA) is 106 Å². The van der Waals surface area contributed by atoms with E-state index in [1.807, 2.05) is 0 Å². The van der Waals surface area contributed by atoms with Crippen LogP contribution in [0, 0.1) is 0 Å². The smallest absolute Gasteiger partial charge is 0.255 e. The maximum atomic E-state index is 12.3. The molecular weight excluding hydrogens is 394 g/mol. The van der Waals surface area contributed by atoms with Crippen molar-refractivity contribution in [2.24, 2.45) is 5.10 Å². The summed E-state index contributed by atoms with van der Waals surface area (Å²) in [5.74, 6) is 0.0258. The van der Waals surface area contributed by atoms with Crippen LogP contribution in [0.25, 0.3) is 0 Å². The van der Waals surface area contributed by atoms with Crippen LogP contribution in [0.2, 0.25) is 5.02 Å². The Balaban J connectivity index is 1.95. The van der Waals surface area contributed by atoms with Crippen LogP contribution in [-0.4, -0.2) is 41.3 Å². The summed E-state index contributed by atoms with van der Waals surface area (Å²) < 4.78 is 36.9. The summed E-state index contributed by atoms with van der Waals surface area (Å²) >= 11 is 5.84. The zero-order valence-corrected chi connectivity index (χ0v) is 16.2. The summed E-state index contributed by atoms with van der Waals surface area (Å²) in [4.78, 5) is 11.7. The number of rotatable bonds is 8. The lowest BCUT2D eigenvalue weighted by molar-refractivity contribution is -0.119. The minimum Gasteiger partial charge on any atom is -0.493 e. The lowest BCUT2D eigenvalue weighted by atomic mass is 10.2. The molecule has 2 aromatic carbocycles. The molecule has 0 aliphatic rings. The summed E-state index contributed by atoms with van der Waals surface area (Å²) in [5.41, 5.74) is 2.92. The molecule has 0 aromatic heterocycles. The molecular formula is C17H18ClN3O5S. The molecule has 0 spiro atoms. The first-order valence-electron chi connectivity index (χ1n) is 7.65. The molecule has 1 amide bonds. The van der Waals surface area contributed by atoms with Crippen LogP contribution < -0.4 is 19.6 Å². The van der Waals surface area contributed by atoms with Crippen molar-refractivity contribution in [3.8, 4) is 11.5 Å². The predicted molar refractivity (Wildman–Crippen MR) is 102 cm³/mol. The maximum Gasteiger partial charge on any atom is 0.255 e. The van der Waals surface area contributed by atoms with Gasteiger partial charge in [0.05, 0.1) is 31.9 Å². The average molecular weight is 412 g/mol. The van der Waals surface area contributed by atoms with Crippen molar-refractivity contribution >= 4 is 33.7 Å². The number of ether oxygens (including phenoxy) is 2. The highest BCUT2D eigenvalue weighted by molar-refractivity contribution is 7.89. The zero-order valence-electron chi connectivity index (χ0n) is 14.6. The molecule has 2 aromatic rings. The number of hydrazone groups is 1. The Morgan fingerprint density at radius 2 is 1.89 bits per heavy atom. The van der Waals surface area contributed by atoms with Gasteiger partial charge in [-0.25, -0.2) is 18.6 Å². The van der Waals surface area contributed by atoms with Crippen molar-refractivity contribution in [3.05, 3.63) is 53.1 Å². The van der Waals surface area contributed by atoms with E-state index in [-0.39, 0.29) is 10.6 Å². The monoisotopic (exact) mass is 411 g/mol. The van der Waals surface area contributed by atoms with Crippen LogP contribution in [0.3, 0.4) is 0 Å². The normalized spacial score (nSPS) is 11.4. The Bertz CT molecular complexity index is 947. The zero-order chi connectivity index (χ0) is 19.9. The predicted octanol–water partition coefficient (Wildman–Crippen LogP) is 1.79. The van der Waals surface area contributed by atoms with E-state index in [1.54, 1.807) is 24.3 Å². The van der Waals surface area contributed by atoms with Crippen LogP contribution in [0.15, 0.2) is 52.5 Å². The first-order chi connectivity index (χ1) is 12.9. The third kappa shape index (κ3) is 5.95. The number of benzene rings is 2. The Labute approximate surface area is 162 Å². The van der Waals surface area contributed by atoms with Crippen LogP contribution in [0.1, 0.15) is 5.56 Å². The van der Waals surface area contributed by atoms with Gasteiger partial charge in [0, 0.05) is 11.1 Å². The number of sulfonamides is 1. The highest BCUT2D eigenvalue weighted by atomic mass is 35.5. The Hall–Kier alpha value is -2.62. The van der Waals surface area contributed by atoms with Gasteiger partial charge >= 0.3 is 0 Å². The molecule has 2 N–H and O–H groups in total. The summed E-state index contributed by atoms with van der Waals surface area (Å²) in [5, 5.41) is 4.29. The van der Waals surface area contributed by atoms with Gasteiger partial charge < -0.3 is 9.47 Å². The number of amides is 1. The van der Waals surface area contributed by atoms with Crippen LogP contribution in [0.4, 0.5) is 0 Å². The quantitative estimate of drug-likeness (QED) is 0.508. The van der Waals surface area contributed by atoms with Crippen LogP contribution in [-0.2, 0) is 14.8 Å². The first-order valence-corrected chi connectivity index (χ1v) is 9.51. The van der Waals surface area contributed by atoms with Gasteiger partial charge in [-0.2, -0.15) is 5.10 Å². The maximum absolute atomic E-state index is 12.3. The van der Waals surface area contributed by atoms with Gasteiger partial charge in [-0.1, -0.05) is 23.7 Å². The van der Waals surface area contributed by atoms with E-state index in [0.29, 0.717) is 16.3 Å². The molecule has 10 heteroatoms. The van der Waals surface area contributed by atoms with Gasteiger partial charge in [-0.15, -0.1) is 0 Å². The van der Waals surface area contributed by atoms with Crippen molar-refractivity contribution in [1.29, 1.82) is 0 Å². The number of hydrogen-bond donors (Lipinski definition) is 2. The minimum absolute atomic E-state index is 0.0598. The van der Waals surface area contributed by atoms with Crippen molar-refractivity contribution in [3.63, 3.8) is 0 Å². The van der Waals surface area contributed by atoms with Gasteiger partial charge in [0.2, 0.25) is 10.0 Å². The largest absolute Gasteiger partial charge is 0.493 e. The average Bonchev–Trinajstić information content (AvgIpc) is 2.66. The van der Waals surface area contributed by atoms with E-state index in [4.69, 9.17) is 21.1 Å². The molecule has 2 rings (SSSR count). The number of methoxy groups -OCH3 is 2. The Morgan fingerprint density at radius 3 is 2.56 bits per heavy atom. The second kappa shape index (κ2) is 9.36. The number of hydrogen-bond acceptors (Lipinski definition) is 6. The van der Waals surface area contributed by atoms with Crippen molar-refractivity contribution in [2.45, 2.75) is 4.90 Å². The lowest BCUT2D eigenvalue weighted by Gasteiger charge is -2.10. The SMILES string of the molecule is COc1ccc(S(=O)(=O)NCC(=O)N/N=C\c2cccc(Cl)c2)cc1OC. The van der Waals surface area contributed by atoms with E-state index < -0.39 is 22.5 Å². The first kappa shape index (κ1) is 20.7. The molecule has 8 nitrogen and oxygen atoms in total. The number of halogens is 1. The highest BCUT2D eigenvalue weighted by Gasteiger charge is 2.18. The summed E-state index contributed by atoms with van der Waals surface area (Å²) in [7, 11) is -1.07. The highest BCUT2D eigenvalue weighted by Crippen LogP contribution is 2.29. The molecule has 0 unspecified atom stereocenters. The minimum atomic E-state index is -3.91. The fourth-order valence-corrected chi connectivity index (χ4v) is 3.23. The molecule has 0 aliphatic carbocycles. The van der Waals surface area contributed by atoms with Gasteiger partial charge in [-0.3, -0.25) is 4.79 Å². The van der Waals surface area contributed by atoms with E-state index in [0.717, 1.165) is 0 Å². The lowest BCUT2D eigenvalue weighted by Crippen LogP contribution is -2.34. The summed E-state index contributed by atoms with van der Waals surface area (Å²) in [6.07, 6.45) is 1.40. The van der Waals surface area contributed by atoms with Gasteiger partial charge in [0.15, 0.2) is 11.5 Å². The van der Waals surface area contributed by atoms with Gasteiger partial charge in [-0.05, 0) is 29.8 Å². The van der Waals surface area contributed by atoms with Crippen molar-refractivity contribution in [2.75, 3.05) is 20.8 Å². The number of nitrogens with zero attached hydrogens (tertiary/aromatic N) is 1. The van der Waals surface area contributed by atoms with Gasteiger partial charge in [0.1, 0.15) is 0 Å². The van der Waals surface area contributed by atoms with E-state index in [1.165, 1.54) is 38.6 Å².